The van der Waals surface area contributed by atoms with Gasteiger partial charge in [-0.3, -0.25) is 4.79 Å². The molecule has 1 fully saturated rings. The van der Waals surface area contributed by atoms with Crippen LogP contribution in [-0.2, 0) is 9.53 Å². The Morgan fingerprint density at radius 2 is 1.94 bits per heavy atom. The van der Waals surface area contributed by atoms with Gasteiger partial charge in [-0.05, 0) is 0 Å². The number of nitrogens with two attached hydrogens (primary N) is 1. The zero-order valence-corrected chi connectivity index (χ0v) is 8.70. The quantitative estimate of drug-likeness (QED) is 0.548. The van der Waals surface area contributed by atoms with Crippen LogP contribution in [0.1, 0.15) is 0 Å². The highest BCUT2D eigenvalue weighted by molar-refractivity contribution is 5.74. The van der Waals surface area contributed by atoms with Crippen molar-refractivity contribution in [3.8, 4) is 0 Å². The van der Waals surface area contributed by atoms with Gasteiger partial charge in [0.05, 0.1) is 19.8 Å². The summed E-state index contributed by atoms with van der Waals surface area (Å²) in [5.41, 5.74) is 5.30. The molecule has 1 heterocycles. The number of hydrazine groups is 1. The molecule has 16 heavy (non-hydrogen) atoms. The Morgan fingerprint density at radius 1 is 1.38 bits per heavy atom. The summed E-state index contributed by atoms with van der Waals surface area (Å²) in [5.74, 6) is -1.22. The average molecular weight is 233 g/mol. The van der Waals surface area contributed by atoms with Crippen LogP contribution in [0.5, 0.6) is 0 Å². The first-order valence-corrected chi connectivity index (χ1v) is 4.84. The number of carboxylic acids is 1. The third kappa shape index (κ3) is 3.33. The lowest BCUT2D eigenvalue weighted by Crippen LogP contribution is -2.55. The van der Waals surface area contributed by atoms with Gasteiger partial charge in [-0.15, -0.1) is 0 Å². The Kier molecular flexibility index (Phi) is 4.47. The second-order valence-electron chi connectivity index (χ2n) is 3.38. The van der Waals surface area contributed by atoms with Crippen LogP contribution < -0.4 is 5.73 Å². The summed E-state index contributed by atoms with van der Waals surface area (Å²) in [4.78, 5) is 21.5. The highest BCUT2D eigenvalue weighted by Crippen LogP contribution is 2.04. The molecule has 8 nitrogen and oxygen atoms in total. The van der Waals surface area contributed by atoms with E-state index in [4.69, 9.17) is 20.7 Å². The normalized spacial score (nSPS) is 19.1. The van der Waals surface area contributed by atoms with Gasteiger partial charge in [0.15, 0.2) is 0 Å². The van der Waals surface area contributed by atoms with Crippen molar-refractivity contribution < 1.29 is 24.5 Å². The first-order chi connectivity index (χ1) is 7.52. The highest BCUT2D eigenvalue weighted by Gasteiger charge is 2.27. The zero-order valence-electron chi connectivity index (χ0n) is 8.70. The summed E-state index contributed by atoms with van der Waals surface area (Å²) < 4.78 is 5.07. The fraction of sp³-hybridized carbons (Fsp3) is 0.750. The van der Waals surface area contributed by atoms with Crippen molar-refractivity contribution in [2.45, 2.75) is 6.04 Å². The van der Waals surface area contributed by atoms with E-state index in [0.717, 1.165) is 5.01 Å². The topological polar surface area (TPSA) is 116 Å². The molecular formula is C8H15N3O5. The standard InChI is InChI=1S/C8H15N3O5/c9-6(7(12)13)5-11(8(14)15)10-1-3-16-4-2-10/h6H,1-5,9H2,(H,12,13)(H,14,15). The molecule has 1 saturated heterocycles. The molecule has 0 aromatic heterocycles. The summed E-state index contributed by atoms with van der Waals surface area (Å²) in [6, 6.07) is -1.22. The zero-order chi connectivity index (χ0) is 12.1. The number of aliphatic carboxylic acids is 1. The Morgan fingerprint density at radius 3 is 2.38 bits per heavy atom. The monoisotopic (exact) mass is 233 g/mol. The molecule has 1 unspecified atom stereocenters. The Hall–Kier alpha value is -1.38. The fourth-order valence-corrected chi connectivity index (χ4v) is 1.37. The molecule has 1 atom stereocenters. The molecule has 1 rings (SSSR count). The van der Waals surface area contributed by atoms with Gasteiger partial charge in [0.2, 0.25) is 0 Å². The van der Waals surface area contributed by atoms with Crippen LogP contribution in [0.2, 0.25) is 0 Å². The lowest BCUT2D eigenvalue weighted by atomic mass is 10.3. The summed E-state index contributed by atoms with van der Waals surface area (Å²) >= 11 is 0. The van der Waals surface area contributed by atoms with Crippen molar-refractivity contribution in [2.24, 2.45) is 5.73 Å². The van der Waals surface area contributed by atoms with E-state index in [0.29, 0.717) is 26.3 Å². The van der Waals surface area contributed by atoms with E-state index < -0.39 is 18.1 Å². The molecule has 4 N–H and O–H groups in total. The van der Waals surface area contributed by atoms with Crippen LogP contribution in [0.4, 0.5) is 4.79 Å². The van der Waals surface area contributed by atoms with E-state index in [1.165, 1.54) is 5.01 Å². The lowest BCUT2D eigenvalue weighted by Gasteiger charge is -2.35. The van der Waals surface area contributed by atoms with E-state index in [-0.39, 0.29) is 6.54 Å². The number of hydrogen-bond acceptors (Lipinski definition) is 5. The summed E-state index contributed by atoms with van der Waals surface area (Å²) in [6.45, 7) is 1.42. The fourth-order valence-electron chi connectivity index (χ4n) is 1.37. The van der Waals surface area contributed by atoms with Gasteiger partial charge in [-0.1, -0.05) is 0 Å². The number of carboxylic acid groups (broad SMARTS) is 2. The van der Waals surface area contributed by atoms with Crippen molar-refractivity contribution in [3.63, 3.8) is 0 Å². The minimum atomic E-state index is -1.22. The van der Waals surface area contributed by atoms with Crippen molar-refractivity contribution in [1.82, 2.24) is 10.0 Å². The van der Waals surface area contributed by atoms with E-state index >= 15 is 0 Å². The highest BCUT2D eigenvalue weighted by atomic mass is 16.5. The first-order valence-electron chi connectivity index (χ1n) is 4.84. The summed E-state index contributed by atoms with van der Waals surface area (Å²) in [6.07, 6.45) is -1.21. The SMILES string of the molecule is NC(CN(C(=O)O)N1CCOCC1)C(=O)O. The van der Waals surface area contributed by atoms with Crippen LogP contribution >= 0.6 is 0 Å². The second-order valence-corrected chi connectivity index (χ2v) is 3.38. The molecule has 0 bridgehead atoms. The van der Waals surface area contributed by atoms with E-state index in [2.05, 4.69) is 0 Å². The van der Waals surface area contributed by atoms with Crippen molar-refractivity contribution in [2.75, 3.05) is 32.8 Å². The maximum Gasteiger partial charge on any atom is 0.422 e. The maximum absolute atomic E-state index is 11.0. The van der Waals surface area contributed by atoms with E-state index in [1.807, 2.05) is 0 Å². The molecule has 0 saturated carbocycles. The molecule has 0 radical (unpaired) electrons. The lowest BCUT2D eigenvalue weighted by molar-refractivity contribution is -0.140. The number of hydrogen-bond donors (Lipinski definition) is 3. The summed E-state index contributed by atoms with van der Waals surface area (Å²) in [5, 5.41) is 20.0. The van der Waals surface area contributed by atoms with E-state index in [9.17, 15) is 9.59 Å². The number of morpholine rings is 1. The predicted molar refractivity (Wildman–Crippen MR) is 52.7 cm³/mol. The minimum absolute atomic E-state index is 0.259. The average Bonchev–Trinajstić information content (AvgIpc) is 2.26. The number of amides is 1. The predicted octanol–water partition coefficient (Wildman–Crippen LogP) is -1.37. The summed E-state index contributed by atoms with van der Waals surface area (Å²) in [7, 11) is 0. The Balaban J connectivity index is 2.59. The second kappa shape index (κ2) is 5.64. The Labute approximate surface area is 92.1 Å². The molecule has 8 heteroatoms. The molecule has 0 aliphatic carbocycles. The smallest absolute Gasteiger partial charge is 0.422 e. The van der Waals surface area contributed by atoms with Gasteiger partial charge < -0.3 is 20.7 Å². The minimum Gasteiger partial charge on any atom is -0.480 e. The van der Waals surface area contributed by atoms with Crippen molar-refractivity contribution in [3.05, 3.63) is 0 Å². The molecule has 92 valence electrons. The van der Waals surface area contributed by atoms with Gasteiger partial charge in [0.1, 0.15) is 6.04 Å². The molecule has 0 spiro atoms. The van der Waals surface area contributed by atoms with Crippen LogP contribution in [-0.4, -0.2) is 71.2 Å². The van der Waals surface area contributed by atoms with Gasteiger partial charge in [0, 0.05) is 13.1 Å². The first kappa shape index (κ1) is 12.7. The largest absolute Gasteiger partial charge is 0.480 e. The number of carbonyl (C=O) groups is 2. The Bertz CT molecular complexity index is 266. The van der Waals surface area contributed by atoms with Crippen LogP contribution in [0.25, 0.3) is 0 Å². The molecule has 1 aliphatic heterocycles. The molecular weight excluding hydrogens is 218 g/mol. The van der Waals surface area contributed by atoms with Gasteiger partial charge in [-0.2, -0.15) is 0 Å². The van der Waals surface area contributed by atoms with Crippen LogP contribution in [0, 0.1) is 0 Å². The maximum atomic E-state index is 11.0. The number of rotatable bonds is 4. The molecule has 1 amide bonds. The number of nitrogens with zero attached hydrogens (tertiary/aromatic N) is 2. The molecule has 0 aromatic carbocycles. The van der Waals surface area contributed by atoms with Gasteiger partial charge in [-0.25, -0.2) is 14.8 Å². The van der Waals surface area contributed by atoms with E-state index in [1.54, 1.807) is 0 Å². The number of ether oxygens (including phenoxy) is 1. The van der Waals surface area contributed by atoms with Crippen LogP contribution in [0.15, 0.2) is 0 Å². The van der Waals surface area contributed by atoms with Crippen molar-refractivity contribution in [1.29, 1.82) is 0 Å². The molecule has 0 aromatic rings. The van der Waals surface area contributed by atoms with Crippen LogP contribution in [0.3, 0.4) is 0 Å². The van der Waals surface area contributed by atoms with Gasteiger partial charge >= 0.3 is 12.1 Å². The van der Waals surface area contributed by atoms with Gasteiger partial charge in [0.25, 0.3) is 0 Å². The van der Waals surface area contributed by atoms with Crippen molar-refractivity contribution >= 4 is 12.1 Å². The molecule has 1 aliphatic rings. The third-order valence-electron chi connectivity index (χ3n) is 2.24. The third-order valence-corrected chi connectivity index (χ3v) is 2.24.